The Labute approximate surface area is 204 Å². The maximum atomic E-state index is 12.9. The van der Waals surface area contributed by atoms with Crippen molar-refractivity contribution in [1.82, 2.24) is 15.5 Å². The van der Waals surface area contributed by atoms with Crippen LogP contribution in [0.4, 0.5) is 13.2 Å². The van der Waals surface area contributed by atoms with Crippen LogP contribution in [0.5, 0.6) is 0 Å². The molecule has 2 heterocycles. The normalized spacial score (nSPS) is 26.1. The van der Waals surface area contributed by atoms with Crippen LogP contribution in [0.15, 0.2) is 54.6 Å². The molecule has 1 spiro atoms. The smallest absolute Gasteiger partial charge is 0.373 e. The van der Waals surface area contributed by atoms with E-state index in [1.165, 1.54) is 18.1 Å². The van der Waals surface area contributed by atoms with Crippen molar-refractivity contribution < 1.29 is 22.7 Å². The molecule has 2 aliphatic heterocycles. The summed E-state index contributed by atoms with van der Waals surface area (Å²) in [5.41, 5.74) is 1.03. The van der Waals surface area contributed by atoms with Gasteiger partial charge in [0.15, 0.2) is 0 Å². The number of nitrogens with one attached hydrogen (secondary N) is 2. The molecule has 1 saturated carbocycles. The van der Waals surface area contributed by atoms with Gasteiger partial charge >= 0.3 is 6.18 Å². The van der Waals surface area contributed by atoms with Gasteiger partial charge in [0, 0.05) is 37.6 Å². The number of piperidine rings is 1. The fraction of sp³-hybridized carbons (Fsp3) is 0.519. The van der Waals surface area contributed by atoms with Gasteiger partial charge in [0.05, 0.1) is 24.3 Å². The SMILES string of the molecule is O=C(CN1CCC2(CC1)CC(N[C@@H]1C[C@H]1c1ccccc1)CO2)NCc1cccc(C(F)(F)F)c1. The van der Waals surface area contributed by atoms with E-state index in [4.69, 9.17) is 4.74 Å². The molecule has 5 rings (SSSR count). The second-order valence-corrected chi connectivity index (χ2v) is 10.2. The fourth-order valence-corrected chi connectivity index (χ4v) is 5.49. The van der Waals surface area contributed by atoms with Crippen LogP contribution in [0.3, 0.4) is 0 Å². The van der Waals surface area contributed by atoms with E-state index in [9.17, 15) is 18.0 Å². The van der Waals surface area contributed by atoms with Gasteiger partial charge in [-0.05, 0) is 48.9 Å². The Bertz CT molecular complexity index is 1020. The first-order chi connectivity index (χ1) is 16.8. The molecule has 1 aliphatic carbocycles. The Morgan fingerprint density at radius 3 is 2.60 bits per heavy atom. The third-order valence-electron chi connectivity index (χ3n) is 7.56. The van der Waals surface area contributed by atoms with Crippen LogP contribution in [0, 0.1) is 0 Å². The van der Waals surface area contributed by atoms with Gasteiger partial charge in [0.2, 0.25) is 5.91 Å². The molecule has 3 atom stereocenters. The number of halogens is 3. The van der Waals surface area contributed by atoms with E-state index < -0.39 is 11.7 Å². The second kappa shape index (κ2) is 9.91. The lowest BCUT2D eigenvalue weighted by atomic mass is 9.87. The molecule has 188 valence electrons. The summed E-state index contributed by atoms with van der Waals surface area (Å²) >= 11 is 0. The van der Waals surface area contributed by atoms with Gasteiger partial charge in [-0.3, -0.25) is 9.69 Å². The molecule has 0 bridgehead atoms. The molecular formula is C27H32F3N3O2. The maximum absolute atomic E-state index is 12.9. The zero-order valence-electron chi connectivity index (χ0n) is 19.7. The third kappa shape index (κ3) is 6.05. The van der Waals surface area contributed by atoms with E-state index in [1.807, 2.05) is 0 Å². The first kappa shape index (κ1) is 24.3. The van der Waals surface area contributed by atoms with Crippen molar-refractivity contribution in [3.8, 4) is 0 Å². The molecule has 8 heteroatoms. The highest BCUT2D eigenvalue weighted by Gasteiger charge is 2.46. The average molecular weight is 488 g/mol. The number of carbonyl (C=O) groups excluding carboxylic acids is 1. The summed E-state index contributed by atoms with van der Waals surface area (Å²) < 4.78 is 44.9. The summed E-state index contributed by atoms with van der Waals surface area (Å²) in [6, 6.07) is 16.6. The van der Waals surface area contributed by atoms with E-state index in [0.29, 0.717) is 23.6 Å². The number of hydrogen-bond donors (Lipinski definition) is 2. The number of hydrogen-bond acceptors (Lipinski definition) is 4. The average Bonchev–Trinajstić information content (AvgIpc) is 3.51. The number of rotatable bonds is 7. The summed E-state index contributed by atoms with van der Waals surface area (Å²) in [6.07, 6.45) is -0.432. The summed E-state index contributed by atoms with van der Waals surface area (Å²) in [5, 5.41) is 6.54. The molecule has 35 heavy (non-hydrogen) atoms. The lowest BCUT2D eigenvalue weighted by Gasteiger charge is -2.38. The van der Waals surface area contributed by atoms with Crippen molar-refractivity contribution in [3.05, 3.63) is 71.3 Å². The highest BCUT2D eigenvalue weighted by molar-refractivity contribution is 5.78. The molecule has 3 aliphatic rings. The number of alkyl halides is 3. The van der Waals surface area contributed by atoms with E-state index in [1.54, 1.807) is 6.07 Å². The molecule has 2 N–H and O–H groups in total. The zero-order chi connectivity index (χ0) is 24.5. The first-order valence-corrected chi connectivity index (χ1v) is 12.4. The van der Waals surface area contributed by atoms with Gasteiger partial charge in [-0.15, -0.1) is 0 Å². The molecule has 2 aromatic carbocycles. The number of ether oxygens (including phenoxy) is 1. The third-order valence-corrected chi connectivity index (χ3v) is 7.56. The largest absolute Gasteiger partial charge is 0.416 e. The molecular weight excluding hydrogens is 455 g/mol. The van der Waals surface area contributed by atoms with E-state index >= 15 is 0 Å². The van der Waals surface area contributed by atoms with Crippen LogP contribution in [0.1, 0.15) is 48.3 Å². The highest BCUT2D eigenvalue weighted by Crippen LogP contribution is 2.43. The van der Waals surface area contributed by atoms with Crippen molar-refractivity contribution in [1.29, 1.82) is 0 Å². The first-order valence-electron chi connectivity index (χ1n) is 12.4. The zero-order valence-corrected chi connectivity index (χ0v) is 19.7. The van der Waals surface area contributed by atoms with E-state index in [-0.39, 0.29) is 24.6 Å². The summed E-state index contributed by atoms with van der Waals surface area (Å²) in [4.78, 5) is 14.5. The molecule has 1 unspecified atom stereocenters. The summed E-state index contributed by atoms with van der Waals surface area (Å²) in [7, 11) is 0. The second-order valence-electron chi connectivity index (χ2n) is 10.2. The minimum absolute atomic E-state index is 0.0854. The van der Waals surface area contributed by atoms with Crippen molar-refractivity contribution in [2.45, 2.75) is 62.0 Å². The van der Waals surface area contributed by atoms with Crippen LogP contribution in [0.25, 0.3) is 0 Å². The summed E-state index contributed by atoms with van der Waals surface area (Å²) in [5.74, 6) is 0.426. The maximum Gasteiger partial charge on any atom is 0.416 e. The molecule has 0 radical (unpaired) electrons. The Morgan fingerprint density at radius 1 is 1.09 bits per heavy atom. The van der Waals surface area contributed by atoms with Crippen LogP contribution >= 0.6 is 0 Å². The van der Waals surface area contributed by atoms with Crippen LogP contribution in [-0.4, -0.2) is 54.7 Å². The number of benzene rings is 2. The molecule has 5 nitrogen and oxygen atoms in total. The minimum atomic E-state index is -4.39. The fourth-order valence-electron chi connectivity index (χ4n) is 5.49. The summed E-state index contributed by atoms with van der Waals surface area (Å²) in [6.45, 7) is 2.62. The monoisotopic (exact) mass is 487 g/mol. The number of likely N-dealkylation sites (tertiary alicyclic amines) is 1. The van der Waals surface area contributed by atoms with Crippen LogP contribution in [-0.2, 0) is 22.3 Å². The number of amides is 1. The predicted octanol–water partition coefficient (Wildman–Crippen LogP) is 4.09. The lowest BCUT2D eigenvalue weighted by molar-refractivity contribution is -0.137. The van der Waals surface area contributed by atoms with Gasteiger partial charge in [-0.2, -0.15) is 13.2 Å². The van der Waals surface area contributed by atoms with Crippen molar-refractivity contribution in [2.75, 3.05) is 26.2 Å². The highest BCUT2D eigenvalue weighted by atomic mass is 19.4. The Hall–Kier alpha value is -2.42. The Morgan fingerprint density at radius 2 is 1.86 bits per heavy atom. The molecule has 2 saturated heterocycles. The molecule has 2 aromatic rings. The standard InChI is InChI=1S/C27H32F3N3O2/c28-27(29,30)21-8-4-5-19(13-21)16-31-25(34)17-33-11-9-26(10-12-33)15-22(18-35-26)32-24-14-23(24)20-6-2-1-3-7-20/h1-8,13,22-24,32H,9-12,14-18H2,(H,31,34)/t22?,23-,24+/m0/s1. The van der Waals surface area contributed by atoms with Crippen LogP contribution in [0.2, 0.25) is 0 Å². The quantitative estimate of drug-likeness (QED) is 0.618. The van der Waals surface area contributed by atoms with Crippen molar-refractivity contribution in [3.63, 3.8) is 0 Å². The Kier molecular flexibility index (Phi) is 6.88. The minimum Gasteiger partial charge on any atom is -0.373 e. The van der Waals surface area contributed by atoms with Crippen LogP contribution < -0.4 is 10.6 Å². The van der Waals surface area contributed by atoms with Crippen molar-refractivity contribution >= 4 is 5.91 Å². The number of nitrogens with zero attached hydrogens (tertiary/aromatic N) is 1. The van der Waals surface area contributed by atoms with Gasteiger partial charge in [0.25, 0.3) is 0 Å². The molecule has 0 aromatic heterocycles. The molecule has 1 amide bonds. The molecule has 3 fully saturated rings. The topological polar surface area (TPSA) is 53.6 Å². The number of carbonyl (C=O) groups is 1. The Balaban J connectivity index is 1.03. The van der Waals surface area contributed by atoms with E-state index in [2.05, 4.69) is 45.9 Å². The predicted molar refractivity (Wildman–Crippen MR) is 127 cm³/mol. The van der Waals surface area contributed by atoms with Gasteiger partial charge < -0.3 is 15.4 Å². The van der Waals surface area contributed by atoms with Gasteiger partial charge in [-0.25, -0.2) is 0 Å². The van der Waals surface area contributed by atoms with Gasteiger partial charge in [0.1, 0.15) is 0 Å². The van der Waals surface area contributed by atoms with Gasteiger partial charge in [-0.1, -0.05) is 42.5 Å². The van der Waals surface area contributed by atoms with E-state index in [0.717, 1.165) is 51.1 Å². The lowest BCUT2D eigenvalue weighted by Crippen LogP contribution is -2.47. The van der Waals surface area contributed by atoms with Crippen molar-refractivity contribution in [2.24, 2.45) is 0 Å².